The van der Waals surface area contributed by atoms with Crippen LogP contribution in [0.5, 0.6) is 0 Å². The molecule has 1 aromatic heterocycles. The van der Waals surface area contributed by atoms with Crippen LogP contribution in [0.3, 0.4) is 0 Å². The van der Waals surface area contributed by atoms with Crippen LogP contribution >= 0.6 is 22.6 Å². The number of halogens is 1. The summed E-state index contributed by atoms with van der Waals surface area (Å²) in [4.78, 5) is 4.48. The standard InChI is InChI=1S/C15H22IN3/c1-3-5-6-11(4-2)10-19-14-8-7-12(16)9-13(14)18-15(19)17/h7-9,11H,3-6,10H2,1-2H3,(H2,17,18). The summed E-state index contributed by atoms with van der Waals surface area (Å²) in [6.45, 7) is 5.49. The average Bonchev–Trinajstić information content (AvgIpc) is 2.69. The van der Waals surface area contributed by atoms with Gasteiger partial charge in [-0.15, -0.1) is 0 Å². The number of nitrogens with two attached hydrogens (primary N) is 1. The van der Waals surface area contributed by atoms with Crippen molar-refractivity contribution < 1.29 is 0 Å². The van der Waals surface area contributed by atoms with E-state index in [0.29, 0.717) is 11.9 Å². The summed E-state index contributed by atoms with van der Waals surface area (Å²) in [6.07, 6.45) is 5.03. The quantitative estimate of drug-likeness (QED) is 0.763. The van der Waals surface area contributed by atoms with E-state index in [-0.39, 0.29) is 0 Å². The highest BCUT2D eigenvalue weighted by molar-refractivity contribution is 14.1. The second-order valence-electron chi connectivity index (χ2n) is 5.13. The lowest BCUT2D eigenvalue weighted by Gasteiger charge is -2.16. The minimum Gasteiger partial charge on any atom is -0.369 e. The number of fused-ring (bicyclic) bond motifs is 1. The van der Waals surface area contributed by atoms with Gasteiger partial charge in [-0.3, -0.25) is 0 Å². The highest BCUT2D eigenvalue weighted by Crippen LogP contribution is 2.24. The maximum Gasteiger partial charge on any atom is 0.201 e. The van der Waals surface area contributed by atoms with Gasteiger partial charge in [0.25, 0.3) is 0 Å². The van der Waals surface area contributed by atoms with Gasteiger partial charge < -0.3 is 10.3 Å². The second kappa shape index (κ2) is 6.59. The summed E-state index contributed by atoms with van der Waals surface area (Å²) in [5, 5.41) is 0. The smallest absolute Gasteiger partial charge is 0.201 e. The number of rotatable bonds is 6. The Labute approximate surface area is 128 Å². The summed E-state index contributed by atoms with van der Waals surface area (Å²) in [5.41, 5.74) is 8.25. The molecule has 0 spiro atoms. The van der Waals surface area contributed by atoms with Gasteiger partial charge in [0.05, 0.1) is 11.0 Å². The lowest BCUT2D eigenvalue weighted by atomic mass is 9.99. The molecule has 0 fully saturated rings. The Balaban J connectivity index is 2.26. The third-order valence-corrected chi connectivity index (χ3v) is 4.39. The summed E-state index contributed by atoms with van der Waals surface area (Å²) in [7, 11) is 0. The van der Waals surface area contributed by atoms with Gasteiger partial charge >= 0.3 is 0 Å². The number of anilines is 1. The van der Waals surface area contributed by atoms with Crippen LogP contribution in [0.15, 0.2) is 18.2 Å². The molecule has 1 aromatic carbocycles. The maximum absolute atomic E-state index is 6.08. The van der Waals surface area contributed by atoms with E-state index in [1.807, 2.05) is 0 Å². The highest BCUT2D eigenvalue weighted by Gasteiger charge is 2.13. The van der Waals surface area contributed by atoms with Crippen molar-refractivity contribution in [3.8, 4) is 0 Å². The molecule has 0 saturated heterocycles. The van der Waals surface area contributed by atoms with Crippen LogP contribution in [0.2, 0.25) is 0 Å². The van der Waals surface area contributed by atoms with Crippen molar-refractivity contribution >= 4 is 39.6 Å². The van der Waals surface area contributed by atoms with Gasteiger partial charge in [0, 0.05) is 10.1 Å². The molecule has 0 aliphatic rings. The molecule has 1 atom stereocenters. The van der Waals surface area contributed by atoms with Crippen molar-refractivity contribution in [1.82, 2.24) is 9.55 Å². The van der Waals surface area contributed by atoms with E-state index in [0.717, 1.165) is 17.6 Å². The molecular weight excluding hydrogens is 349 g/mol. The van der Waals surface area contributed by atoms with Gasteiger partial charge in [0.1, 0.15) is 0 Å². The number of benzene rings is 1. The monoisotopic (exact) mass is 371 g/mol. The summed E-state index contributed by atoms with van der Waals surface area (Å²) < 4.78 is 3.38. The summed E-state index contributed by atoms with van der Waals surface area (Å²) in [5.74, 6) is 1.34. The number of nitrogen functional groups attached to an aromatic ring is 1. The van der Waals surface area contributed by atoms with Crippen LogP contribution in [-0.2, 0) is 6.54 Å². The average molecular weight is 371 g/mol. The van der Waals surface area contributed by atoms with E-state index >= 15 is 0 Å². The summed E-state index contributed by atoms with van der Waals surface area (Å²) >= 11 is 2.31. The normalized spacial score (nSPS) is 13.0. The fourth-order valence-corrected chi connectivity index (χ4v) is 2.96. The predicted octanol–water partition coefficient (Wildman–Crippen LogP) is 4.44. The van der Waals surface area contributed by atoms with E-state index in [9.17, 15) is 0 Å². The molecule has 19 heavy (non-hydrogen) atoms. The van der Waals surface area contributed by atoms with E-state index in [1.54, 1.807) is 0 Å². The Bertz CT molecular complexity index is 548. The van der Waals surface area contributed by atoms with Gasteiger partial charge in [0.2, 0.25) is 5.95 Å². The second-order valence-corrected chi connectivity index (χ2v) is 6.38. The molecule has 1 heterocycles. The first-order chi connectivity index (χ1) is 9.15. The number of hydrogen-bond donors (Lipinski definition) is 1. The zero-order chi connectivity index (χ0) is 13.8. The van der Waals surface area contributed by atoms with Crippen LogP contribution < -0.4 is 5.73 Å². The molecule has 104 valence electrons. The molecule has 0 radical (unpaired) electrons. The first-order valence-electron chi connectivity index (χ1n) is 7.07. The van der Waals surface area contributed by atoms with Gasteiger partial charge in [-0.2, -0.15) is 0 Å². The number of imidazole rings is 1. The Morgan fingerprint density at radius 2 is 2.16 bits per heavy atom. The van der Waals surface area contributed by atoms with Gasteiger partial charge in [-0.1, -0.05) is 33.1 Å². The molecule has 4 heteroatoms. The third kappa shape index (κ3) is 3.41. The van der Waals surface area contributed by atoms with Crippen LogP contribution in [-0.4, -0.2) is 9.55 Å². The number of aromatic nitrogens is 2. The zero-order valence-corrected chi connectivity index (χ0v) is 13.9. The van der Waals surface area contributed by atoms with Crippen LogP contribution in [0.25, 0.3) is 11.0 Å². The molecule has 0 bridgehead atoms. The molecular formula is C15H22IN3. The van der Waals surface area contributed by atoms with Crippen molar-refractivity contribution in [3.05, 3.63) is 21.8 Å². The molecule has 3 nitrogen and oxygen atoms in total. The molecule has 0 aliphatic heterocycles. The predicted molar refractivity (Wildman–Crippen MR) is 90.2 cm³/mol. The van der Waals surface area contributed by atoms with E-state index in [1.165, 1.54) is 29.3 Å². The molecule has 0 saturated carbocycles. The molecule has 0 aliphatic carbocycles. The summed E-state index contributed by atoms with van der Waals surface area (Å²) in [6, 6.07) is 6.34. The number of unbranched alkanes of at least 4 members (excludes halogenated alkanes) is 1. The Morgan fingerprint density at radius 3 is 2.84 bits per heavy atom. The SMILES string of the molecule is CCCCC(CC)Cn1c(N)nc2cc(I)ccc21. The maximum atomic E-state index is 6.08. The minimum atomic E-state index is 0.645. The van der Waals surface area contributed by atoms with Crippen molar-refractivity contribution in [2.75, 3.05) is 5.73 Å². The van der Waals surface area contributed by atoms with E-state index in [4.69, 9.17) is 5.73 Å². The number of nitrogens with zero attached hydrogens (tertiary/aromatic N) is 2. The van der Waals surface area contributed by atoms with Crippen LogP contribution in [0.1, 0.15) is 39.5 Å². The first-order valence-corrected chi connectivity index (χ1v) is 8.14. The van der Waals surface area contributed by atoms with Crippen molar-refractivity contribution in [2.45, 2.75) is 46.1 Å². The Morgan fingerprint density at radius 1 is 1.37 bits per heavy atom. The Kier molecular flexibility index (Phi) is 5.07. The van der Waals surface area contributed by atoms with Crippen molar-refractivity contribution in [2.24, 2.45) is 5.92 Å². The van der Waals surface area contributed by atoms with Gasteiger partial charge in [-0.05, 0) is 53.1 Å². The molecule has 2 aromatic rings. The largest absolute Gasteiger partial charge is 0.369 e. The van der Waals surface area contributed by atoms with Crippen LogP contribution in [0, 0.1) is 9.49 Å². The fourth-order valence-electron chi connectivity index (χ4n) is 2.49. The molecule has 2 N–H and O–H groups in total. The fraction of sp³-hybridized carbons (Fsp3) is 0.533. The zero-order valence-electron chi connectivity index (χ0n) is 11.7. The third-order valence-electron chi connectivity index (χ3n) is 3.72. The molecule has 2 rings (SSSR count). The minimum absolute atomic E-state index is 0.645. The molecule has 0 amide bonds. The van der Waals surface area contributed by atoms with E-state index < -0.39 is 0 Å². The van der Waals surface area contributed by atoms with Crippen molar-refractivity contribution in [1.29, 1.82) is 0 Å². The first kappa shape index (κ1) is 14.6. The lowest BCUT2D eigenvalue weighted by molar-refractivity contribution is 0.398. The topological polar surface area (TPSA) is 43.8 Å². The van der Waals surface area contributed by atoms with Crippen LogP contribution in [0.4, 0.5) is 5.95 Å². The molecule has 1 unspecified atom stereocenters. The van der Waals surface area contributed by atoms with Crippen molar-refractivity contribution in [3.63, 3.8) is 0 Å². The van der Waals surface area contributed by atoms with Gasteiger partial charge in [-0.25, -0.2) is 4.98 Å². The van der Waals surface area contributed by atoms with Gasteiger partial charge in [0.15, 0.2) is 0 Å². The van der Waals surface area contributed by atoms with E-state index in [2.05, 4.69) is 64.2 Å². The highest BCUT2D eigenvalue weighted by atomic mass is 127. The lowest BCUT2D eigenvalue weighted by Crippen LogP contribution is -2.12. The number of hydrogen-bond acceptors (Lipinski definition) is 2. The Hall–Kier alpha value is -0.780.